The van der Waals surface area contributed by atoms with E-state index in [0.29, 0.717) is 11.4 Å². The minimum absolute atomic E-state index is 0.0151. The second-order valence-corrected chi connectivity index (χ2v) is 8.56. The number of rotatable bonds is 2. The molecule has 1 N–H and O–H groups in total. The van der Waals surface area contributed by atoms with Gasteiger partial charge in [0.2, 0.25) is 0 Å². The fraction of sp³-hybridized carbons (Fsp3) is 0.429. The van der Waals surface area contributed by atoms with Crippen molar-refractivity contribution >= 4 is 17.4 Å². The van der Waals surface area contributed by atoms with Gasteiger partial charge in [-0.1, -0.05) is 50.1 Å². The molecule has 0 radical (unpaired) electrons. The van der Waals surface area contributed by atoms with Gasteiger partial charge in [-0.2, -0.15) is 5.10 Å². The average molecular weight is 355 g/mol. The normalized spacial score (nSPS) is 24.9. The molecule has 4 heteroatoms. The maximum atomic E-state index is 13.3. The van der Waals surface area contributed by atoms with Gasteiger partial charge in [-0.15, -0.1) is 0 Å². The summed E-state index contributed by atoms with van der Waals surface area (Å²) in [5.74, 6) is 0.278. The van der Waals surface area contributed by atoms with Crippen molar-refractivity contribution in [3.8, 4) is 0 Å². The van der Waals surface area contributed by atoms with E-state index in [9.17, 15) is 4.79 Å². The van der Waals surface area contributed by atoms with E-state index in [2.05, 4.69) is 37.0 Å². The van der Waals surface area contributed by atoms with Gasteiger partial charge >= 0.3 is 0 Å². The number of fused-ring (bicyclic) bond motifs is 1. The number of aromatic amines is 1. The van der Waals surface area contributed by atoms with Crippen LogP contribution in [0.3, 0.4) is 0 Å². The maximum Gasteiger partial charge on any atom is 0.160 e. The van der Waals surface area contributed by atoms with Crippen LogP contribution >= 0.6 is 11.6 Å². The zero-order chi connectivity index (χ0) is 17.8. The van der Waals surface area contributed by atoms with Gasteiger partial charge in [0, 0.05) is 34.7 Å². The molecular weight excluding hydrogens is 332 g/mol. The Morgan fingerprint density at radius 1 is 1.28 bits per heavy atom. The number of carbonyl (C=O) groups excluding carboxylic acids is 1. The molecule has 2 aromatic rings. The molecule has 0 bridgehead atoms. The van der Waals surface area contributed by atoms with E-state index in [1.54, 1.807) is 0 Å². The van der Waals surface area contributed by atoms with Crippen LogP contribution in [0.25, 0.3) is 0 Å². The highest BCUT2D eigenvalue weighted by Crippen LogP contribution is 2.53. The Hall–Kier alpha value is -1.87. The first kappa shape index (κ1) is 16.6. The highest BCUT2D eigenvalue weighted by molar-refractivity contribution is 6.30. The van der Waals surface area contributed by atoms with Crippen molar-refractivity contribution in [2.24, 2.45) is 5.41 Å². The number of halogens is 1. The van der Waals surface area contributed by atoms with Gasteiger partial charge in [-0.25, -0.2) is 0 Å². The highest BCUT2D eigenvalue weighted by Gasteiger charge is 2.49. The van der Waals surface area contributed by atoms with E-state index in [-0.39, 0.29) is 11.2 Å². The Bertz CT molecular complexity index is 893. The van der Waals surface area contributed by atoms with Gasteiger partial charge in [-0.3, -0.25) is 9.89 Å². The predicted octanol–water partition coefficient (Wildman–Crippen LogP) is 5.00. The van der Waals surface area contributed by atoms with Crippen LogP contribution in [0.4, 0.5) is 0 Å². The topological polar surface area (TPSA) is 45.8 Å². The third-order valence-electron chi connectivity index (χ3n) is 5.81. The lowest BCUT2D eigenvalue weighted by Crippen LogP contribution is -2.42. The number of carbonyl (C=O) groups is 1. The summed E-state index contributed by atoms with van der Waals surface area (Å²) in [6, 6.07) is 7.95. The number of Topliss-reactive ketones (excluding diaryl/α,β-unsaturated/α-hetero) is 1. The third-order valence-corrected chi connectivity index (χ3v) is 6.04. The van der Waals surface area contributed by atoms with Crippen molar-refractivity contribution in [1.29, 1.82) is 0 Å². The fourth-order valence-electron chi connectivity index (χ4n) is 4.93. The molecule has 0 fully saturated rings. The number of benzene rings is 1. The molecule has 130 valence electrons. The molecule has 0 unspecified atom stereocenters. The van der Waals surface area contributed by atoms with Gasteiger partial charge in [0.1, 0.15) is 0 Å². The number of nitrogens with zero attached hydrogens (tertiary/aromatic N) is 1. The summed E-state index contributed by atoms with van der Waals surface area (Å²) in [6.07, 6.45) is 5.06. The zero-order valence-electron chi connectivity index (χ0n) is 14.9. The second-order valence-electron chi connectivity index (χ2n) is 8.13. The van der Waals surface area contributed by atoms with Crippen molar-refractivity contribution < 1.29 is 4.79 Å². The first-order valence-electron chi connectivity index (χ1n) is 8.92. The van der Waals surface area contributed by atoms with Crippen LogP contribution in [-0.4, -0.2) is 16.0 Å². The number of ketones is 1. The molecule has 0 amide bonds. The quantitative estimate of drug-likeness (QED) is 0.824. The lowest BCUT2D eigenvalue weighted by molar-refractivity contribution is -0.118. The Kier molecular flexibility index (Phi) is 3.69. The molecule has 0 saturated heterocycles. The molecule has 2 aliphatic rings. The van der Waals surface area contributed by atoms with Gasteiger partial charge in [0.25, 0.3) is 0 Å². The Morgan fingerprint density at radius 2 is 2.08 bits per heavy atom. The molecule has 0 aliphatic heterocycles. The van der Waals surface area contributed by atoms with Crippen molar-refractivity contribution in [1.82, 2.24) is 10.2 Å². The molecule has 25 heavy (non-hydrogen) atoms. The monoisotopic (exact) mass is 354 g/mol. The number of allylic oxidation sites excluding steroid dienone is 2. The van der Waals surface area contributed by atoms with Crippen LogP contribution in [0.15, 0.2) is 41.6 Å². The summed E-state index contributed by atoms with van der Waals surface area (Å²) in [5.41, 5.74) is 5.17. The van der Waals surface area contributed by atoms with Gasteiger partial charge in [-0.05, 0) is 36.0 Å². The van der Waals surface area contributed by atoms with Gasteiger partial charge in [0.15, 0.2) is 5.78 Å². The minimum atomic E-state index is -0.450. The van der Waals surface area contributed by atoms with E-state index in [1.165, 1.54) is 5.57 Å². The van der Waals surface area contributed by atoms with E-state index in [4.69, 9.17) is 11.6 Å². The van der Waals surface area contributed by atoms with E-state index >= 15 is 0 Å². The fourth-order valence-corrected chi connectivity index (χ4v) is 5.12. The van der Waals surface area contributed by atoms with E-state index in [1.807, 2.05) is 24.4 Å². The molecule has 2 aliphatic carbocycles. The molecule has 1 heterocycles. The van der Waals surface area contributed by atoms with Crippen molar-refractivity contribution in [2.75, 3.05) is 0 Å². The standard InChI is InChI=1S/C21H23ClN2O/c1-4-21(14-6-5-7-15(22)9-14)16-12-23-24-17(16)8-13-10-20(2,3)11-18(25)19(13)21/h5-7,9,12H,4,8,10-11H2,1-3H3,(H,23,24)/t21-/m1/s1. The molecule has 3 nitrogen and oxygen atoms in total. The first-order chi connectivity index (χ1) is 11.9. The number of nitrogens with one attached hydrogen (secondary N) is 1. The van der Waals surface area contributed by atoms with Crippen LogP contribution in [0, 0.1) is 5.41 Å². The Balaban J connectivity index is 2.04. The molecule has 1 aromatic carbocycles. The highest BCUT2D eigenvalue weighted by atomic mass is 35.5. The summed E-state index contributed by atoms with van der Waals surface area (Å²) in [6.45, 7) is 6.52. The van der Waals surface area contributed by atoms with E-state index < -0.39 is 5.41 Å². The predicted molar refractivity (Wildman–Crippen MR) is 99.9 cm³/mol. The lowest BCUT2D eigenvalue weighted by atomic mass is 9.57. The first-order valence-corrected chi connectivity index (χ1v) is 9.29. The van der Waals surface area contributed by atoms with E-state index in [0.717, 1.165) is 41.7 Å². The smallest absolute Gasteiger partial charge is 0.160 e. The largest absolute Gasteiger partial charge is 0.294 e. The van der Waals surface area contributed by atoms with Crippen LogP contribution in [-0.2, 0) is 16.6 Å². The number of H-pyrrole nitrogens is 1. The SMILES string of the molecule is CC[C@]1(c2cccc(Cl)c2)C2=C(Cc3[nH]ncc31)CC(C)(C)CC2=O. The molecule has 0 spiro atoms. The Morgan fingerprint density at radius 3 is 2.80 bits per heavy atom. The van der Waals surface area contributed by atoms with Crippen LogP contribution in [0.1, 0.15) is 56.9 Å². The van der Waals surface area contributed by atoms with Crippen molar-refractivity contribution in [2.45, 2.75) is 51.9 Å². The second kappa shape index (κ2) is 5.57. The van der Waals surface area contributed by atoms with Crippen LogP contribution in [0.2, 0.25) is 5.02 Å². The molecule has 4 rings (SSSR count). The van der Waals surface area contributed by atoms with Crippen LogP contribution in [0.5, 0.6) is 0 Å². The summed E-state index contributed by atoms with van der Waals surface area (Å²) >= 11 is 6.32. The minimum Gasteiger partial charge on any atom is -0.294 e. The third kappa shape index (κ3) is 2.40. The van der Waals surface area contributed by atoms with Crippen molar-refractivity contribution in [3.05, 3.63) is 63.5 Å². The van der Waals surface area contributed by atoms with Gasteiger partial charge in [0.05, 0.1) is 11.6 Å². The molecule has 1 atom stereocenters. The summed E-state index contributed by atoms with van der Waals surface area (Å²) in [7, 11) is 0. The van der Waals surface area contributed by atoms with Crippen LogP contribution < -0.4 is 0 Å². The summed E-state index contributed by atoms with van der Waals surface area (Å²) in [5, 5.41) is 8.20. The molecule has 1 aromatic heterocycles. The summed E-state index contributed by atoms with van der Waals surface area (Å²) < 4.78 is 0. The number of hydrogen-bond acceptors (Lipinski definition) is 2. The number of aromatic nitrogens is 2. The number of hydrogen-bond donors (Lipinski definition) is 1. The maximum absolute atomic E-state index is 13.3. The van der Waals surface area contributed by atoms with Crippen molar-refractivity contribution in [3.63, 3.8) is 0 Å². The zero-order valence-corrected chi connectivity index (χ0v) is 15.7. The Labute approximate surface area is 153 Å². The lowest BCUT2D eigenvalue weighted by Gasteiger charge is -2.45. The molecular formula is C21H23ClN2O. The van der Waals surface area contributed by atoms with Gasteiger partial charge < -0.3 is 0 Å². The average Bonchev–Trinajstić information content (AvgIpc) is 3.00. The molecule has 0 saturated carbocycles. The summed E-state index contributed by atoms with van der Waals surface area (Å²) in [4.78, 5) is 13.3.